The molecule has 0 aliphatic carbocycles. The van der Waals surface area contributed by atoms with Gasteiger partial charge in [-0.05, 0) is 25.3 Å². The average molecular weight is 193 g/mol. The van der Waals surface area contributed by atoms with Crippen molar-refractivity contribution in [2.45, 2.75) is 33.6 Å². The second kappa shape index (κ2) is 3.78. The van der Waals surface area contributed by atoms with Crippen LogP contribution >= 0.6 is 0 Å². The van der Waals surface area contributed by atoms with Gasteiger partial charge in [-0.1, -0.05) is 26.0 Å². The van der Waals surface area contributed by atoms with Crippen molar-refractivity contribution in [3.8, 4) is 0 Å². The van der Waals surface area contributed by atoms with Gasteiger partial charge in [-0.15, -0.1) is 0 Å². The quantitative estimate of drug-likeness (QED) is 0.534. The van der Waals surface area contributed by atoms with Gasteiger partial charge in [-0.3, -0.25) is 10.1 Å². The third-order valence-corrected chi connectivity index (χ3v) is 2.54. The highest BCUT2D eigenvalue weighted by atomic mass is 16.6. The monoisotopic (exact) mass is 193 g/mol. The lowest BCUT2D eigenvalue weighted by molar-refractivity contribution is -0.386. The molecule has 0 saturated carbocycles. The van der Waals surface area contributed by atoms with Crippen molar-refractivity contribution in [3.63, 3.8) is 0 Å². The van der Waals surface area contributed by atoms with Crippen LogP contribution in [0.25, 0.3) is 0 Å². The van der Waals surface area contributed by atoms with Crippen LogP contribution in [0.4, 0.5) is 5.69 Å². The molecule has 0 aromatic heterocycles. The van der Waals surface area contributed by atoms with Crippen molar-refractivity contribution >= 4 is 5.69 Å². The maximum atomic E-state index is 10.9. The van der Waals surface area contributed by atoms with Gasteiger partial charge < -0.3 is 0 Å². The zero-order valence-electron chi connectivity index (χ0n) is 9.00. The van der Waals surface area contributed by atoms with Gasteiger partial charge in [0, 0.05) is 11.1 Å². The molecule has 0 aliphatic heterocycles. The molecule has 0 amide bonds. The normalized spacial score (nSPS) is 10.6. The van der Waals surface area contributed by atoms with Crippen molar-refractivity contribution in [3.05, 3.63) is 38.9 Å². The zero-order chi connectivity index (χ0) is 10.9. The first-order chi connectivity index (χ1) is 6.45. The van der Waals surface area contributed by atoms with Crippen LogP contribution in [0, 0.1) is 24.0 Å². The number of aryl methyl sites for hydroxylation is 1. The molecule has 0 atom stereocenters. The molecule has 0 heterocycles. The zero-order valence-corrected chi connectivity index (χ0v) is 9.00. The minimum absolute atomic E-state index is 0.190. The van der Waals surface area contributed by atoms with Crippen LogP contribution in [0.5, 0.6) is 0 Å². The predicted molar refractivity (Wildman–Crippen MR) is 56.7 cm³/mol. The standard InChI is InChI=1S/C11H15NO2/c1-7(2)10-6-5-8(3)9(4)11(10)12(13)14/h5-7H,1-4H3. The number of benzene rings is 1. The van der Waals surface area contributed by atoms with Crippen LogP contribution in [0.15, 0.2) is 12.1 Å². The molecule has 76 valence electrons. The molecule has 3 heteroatoms. The summed E-state index contributed by atoms with van der Waals surface area (Å²) in [5.41, 5.74) is 2.85. The summed E-state index contributed by atoms with van der Waals surface area (Å²) in [7, 11) is 0. The van der Waals surface area contributed by atoms with E-state index in [1.165, 1.54) is 0 Å². The van der Waals surface area contributed by atoms with E-state index >= 15 is 0 Å². The summed E-state index contributed by atoms with van der Waals surface area (Å²) in [6.07, 6.45) is 0. The molecule has 1 rings (SSSR count). The molecular weight excluding hydrogens is 178 g/mol. The number of nitrogens with zero attached hydrogens (tertiary/aromatic N) is 1. The van der Waals surface area contributed by atoms with Gasteiger partial charge in [0.15, 0.2) is 0 Å². The van der Waals surface area contributed by atoms with Crippen LogP contribution in [0.1, 0.15) is 36.5 Å². The summed E-state index contributed by atoms with van der Waals surface area (Å²) < 4.78 is 0. The lowest BCUT2D eigenvalue weighted by Gasteiger charge is -2.09. The van der Waals surface area contributed by atoms with E-state index in [9.17, 15) is 10.1 Å². The van der Waals surface area contributed by atoms with Crippen molar-refractivity contribution in [2.24, 2.45) is 0 Å². The SMILES string of the molecule is Cc1ccc(C(C)C)c([N+](=O)[O-])c1C. The number of rotatable bonds is 2. The molecule has 1 aromatic carbocycles. The highest BCUT2D eigenvalue weighted by molar-refractivity contribution is 5.52. The third-order valence-electron chi connectivity index (χ3n) is 2.54. The first-order valence-corrected chi connectivity index (χ1v) is 4.69. The van der Waals surface area contributed by atoms with E-state index in [2.05, 4.69) is 0 Å². The Hall–Kier alpha value is -1.38. The minimum atomic E-state index is -0.280. The molecular formula is C11H15NO2. The van der Waals surface area contributed by atoms with Crippen molar-refractivity contribution in [1.29, 1.82) is 0 Å². The van der Waals surface area contributed by atoms with Crippen LogP contribution in [0.3, 0.4) is 0 Å². The van der Waals surface area contributed by atoms with E-state index < -0.39 is 0 Å². The Balaban J connectivity index is 3.45. The number of hydrogen-bond donors (Lipinski definition) is 0. The highest BCUT2D eigenvalue weighted by Gasteiger charge is 2.20. The molecule has 3 nitrogen and oxygen atoms in total. The number of nitro groups is 1. The molecule has 14 heavy (non-hydrogen) atoms. The van der Waals surface area contributed by atoms with Gasteiger partial charge in [0.05, 0.1) is 4.92 Å². The fourth-order valence-corrected chi connectivity index (χ4v) is 1.53. The van der Waals surface area contributed by atoms with Crippen molar-refractivity contribution in [1.82, 2.24) is 0 Å². The average Bonchev–Trinajstić information content (AvgIpc) is 2.08. The molecule has 0 unspecified atom stereocenters. The summed E-state index contributed by atoms with van der Waals surface area (Å²) in [6, 6.07) is 3.79. The summed E-state index contributed by atoms with van der Waals surface area (Å²) in [4.78, 5) is 10.6. The predicted octanol–water partition coefficient (Wildman–Crippen LogP) is 3.34. The Bertz CT molecular complexity index is 370. The van der Waals surface area contributed by atoms with Gasteiger partial charge in [0.1, 0.15) is 0 Å². The van der Waals surface area contributed by atoms with E-state index in [4.69, 9.17) is 0 Å². The van der Waals surface area contributed by atoms with Crippen LogP contribution in [-0.4, -0.2) is 4.92 Å². The summed E-state index contributed by atoms with van der Waals surface area (Å²) in [5, 5.41) is 10.9. The maximum absolute atomic E-state index is 10.9. The smallest absolute Gasteiger partial charge is 0.258 e. The molecule has 0 N–H and O–H groups in total. The molecule has 0 aliphatic rings. The maximum Gasteiger partial charge on any atom is 0.275 e. The van der Waals surface area contributed by atoms with E-state index in [-0.39, 0.29) is 16.5 Å². The Morgan fingerprint density at radius 2 is 1.86 bits per heavy atom. The highest BCUT2D eigenvalue weighted by Crippen LogP contribution is 2.31. The molecule has 0 radical (unpaired) electrons. The van der Waals surface area contributed by atoms with Gasteiger partial charge in [-0.25, -0.2) is 0 Å². The Kier molecular flexibility index (Phi) is 2.89. The first kappa shape index (κ1) is 10.7. The lowest BCUT2D eigenvalue weighted by Crippen LogP contribution is -2.01. The van der Waals surface area contributed by atoms with E-state index in [0.717, 1.165) is 16.7 Å². The first-order valence-electron chi connectivity index (χ1n) is 4.69. The van der Waals surface area contributed by atoms with Crippen molar-refractivity contribution < 1.29 is 4.92 Å². The fraction of sp³-hybridized carbons (Fsp3) is 0.455. The van der Waals surface area contributed by atoms with Gasteiger partial charge in [0.2, 0.25) is 0 Å². The molecule has 0 spiro atoms. The van der Waals surface area contributed by atoms with Crippen LogP contribution in [0.2, 0.25) is 0 Å². The Morgan fingerprint density at radius 1 is 1.29 bits per heavy atom. The number of hydrogen-bond acceptors (Lipinski definition) is 2. The summed E-state index contributed by atoms with van der Waals surface area (Å²) in [6.45, 7) is 7.64. The Labute approximate surface area is 83.9 Å². The molecule has 0 saturated heterocycles. The molecule has 0 fully saturated rings. The third kappa shape index (κ3) is 1.76. The van der Waals surface area contributed by atoms with Gasteiger partial charge >= 0.3 is 0 Å². The lowest BCUT2D eigenvalue weighted by atomic mass is 9.96. The van der Waals surface area contributed by atoms with Gasteiger partial charge in [-0.2, -0.15) is 0 Å². The van der Waals surface area contributed by atoms with E-state index in [0.29, 0.717) is 0 Å². The minimum Gasteiger partial charge on any atom is -0.258 e. The fourth-order valence-electron chi connectivity index (χ4n) is 1.53. The summed E-state index contributed by atoms with van der Waals surface area (Å²) in [5.74, 6) is 0.190. The van der Waals surface area contributed by atoms with E-state index in [1.807, 2.05) is 32.9 Å². The molecule has 1 aromatic rings. The van der Waals surface area contributed by atoms with Crippen molar-refractivity contribution in [2.75, 3.05) is 0 Å². The second-order valence-electron chi connectivity index (χ2n) is 3.86. The second-order valence-corrected chi connectivity index (χ2v) is 3.86. The topological polar surface area (TPSA) is 43.1 Å². The van der Waals surface area contributed by atoms with Crippen LogP contribution < -0.4 is 0 Å². The van der Waals surface area contributed by atoms with Gasteiger partial charge in [0.25, 0.3) is 5.69 Å². The summed E-state index contributed by atoms with van der Waals surface area (Å²) >= 11 is 0. The Morgan fingerprint density at radius 3 is 2.29 bits per heavy atom. The molecule has 0 bridgehead atoms. The van der Waals surface area contributed by atoms with Crippen LogP contribution in [-0.2, 0) is 0 Å². The van der Waals surface area contributed by atoms with E-state index in [1.54, 1.807) is 6.92 Å². The number of nitro benzene ring substituents is 1. The largest absolute Gasteiger partial charge is 0.275 e.